The minimum Gasteiger partial charge on any atom is -0.387 e. The number of aromatic nitrogens is 2. The SMILES string of the molecule is COCC12OC(n3cc(C)c(N)nc3=O)C(OC13CC3)[C@H]2O. The molecule has 8 heteroatoms. The Balaban J connectivity index is 1.75. The maximum Gasteiger partial charge on any atom is 0.351 e. The minimum absolute atomic E-state index is 0.191. The number of rotatable bonds is 3. The topological polar surface area (TPSA) is 109 Å². The second-order valence-electron chi connectivity index (χ2n) is 6.35. The lowest BCUT2D eigenvalue weighted by molar-refractivity contribution is -0.238. The Labute approximate surface area is 126 Å². The summed E-state index contributed by atoms with van der Waals surface area (Å²) in [6.07, 6.45) is 1.06. The summed E-state index contributed by atoms with van der Waals surface area (Å²) in [5.74, 6) is 0.191. The summed E-state index contributed by atoms with van der Waals surface area (Å²) < 4.78 is 18.8. The molecule has 2 bridgehead atoms. The minimum atomic E-state index is -0.925. The molecule has 4 rings (SSSR count). The first-order valence-electron chi connectivity index (χ1n) is 7.32. The zero-order valence-electron chi connectivity index (χ0n) is 12.5. The van der Waals surface area contributed by atoms with Gasteiger partial charge in [0.05, 0.1) is 6.61 Å². The average molecular weight is 309 g/mol. The Bertz CT molecular complexity index is 686. The van der Waals surface area contributed by atoms with Gasteiger partial charge >= 0.3 is 5.69 Å². The van der Waals surface area contributed by atoms with E-state index in [9.17, 15) is 9.90 Å². The molecule has 2 aliphatic heterocycles. The first kappa shape index (κ1) is 14.1. The van der Waals surface area contributed by atoms with Crippen molar-refractivity contribution < 1.29 is 19.3 Å². The van der Waals surface area contributed by atoms with Crippen molar-refractivity contribution in [3.63, 3.8) is 0 Å². The van der Waals surface area contributed by atoms with Crippen LogP contribution in [0.5, 0.6) is 0 Å². The van der Waals surface area contributed by atoms with Crippen LogP contribution in [0.2, 0.25) is 0 Å². The van der Waals surface area contributed by atoms with Crippen molar-refractivity contribution in [2.45, 2.75) is 49.4 Å². The Morgan fingerprint density at radius 1 is 1.55 bits per heavy atom. The number of aliphatic hydroxyl groups is 1. The second kappa shape index (κ2) is 4.29. The molecule has 3 N–H and O–H groups in total. The van der Waals surface area contributed by atoms with Crippen molar-refractivity contribution in [2.75, 3.05) is 19.5 Å². The van der Waals surface area contributed by atoms with Crippen LogP contribution in [0.15, 0.2) is 11.0 Å². The van der Waals surface area contributed by atoms with Gasteiger partial charge in [-0.1, -0.05) is 0 Å². The molecule has 2 saturated heterocycles. The number of nitrogens with two attached hydrogens (primary N) is 1. The Kier molecular flexibility index (Phi) is 2.75. The first-order chi connectivity index (χ1) is 10.4. The van der Waals surface area contributed by atoms with Crippen LogP contribution in [-0.4, -0.2) is 51.8 Å². The number of nitrogens with zero attached hydrogens (tertiary/aromatic N) is 2. The van der Waals surface area contributed by atoms with Crippen LogP contribution < -0.4 is 11.4 Å². The third kappa shape index (κ3) is 1.55. The molecular formula is C14H19N3O5. The third-order valence-corrected chi connectivity index (χ3v) is 5.04. The van der Waals surface area contributed by atoms with Gasteiger partial charge in [0, 0.05) is 18.9 Å². The summed E-state index contributed by atoms with van der Waals surface area (Å²) in [7, 11) is 1.56. The van der Waals surface area contributed by atoms with Crippen LogP contribution in [0.25, 0.3) is 0 Å². The van der Waals surface area contributed by atoms with Crippen molar-refractivity contribution in [1.82, 2.24) is 9.55 Å². The zero-order chi connectivity index (χ0) is 15.7. The van der Waals surface area contributed by atoms with Gasteiger partial charge in [-0.15, -0.1) is 0 Å². The van der Waals surface area contributed by atoms with Crippen molar-refractivity contribution in [2.24, 2.45) is 0 Å². The van der Waals surface area contributed by atoms with Crippen molar-refractivity contribution in [3.8, 4) is 0 Å². The molecule has 0 amide bonds. The highest BCUT2D eigenvalue weighted by atomic mass is 16.7. The maximum absolute atomic E-state index is 12.1. The van der Waals surface area contributed by atoms with Crippen LogP contribution in [-0.2, 0) is 14.2 Å². The van der Waals surface area contributed by atoms with Gasteiger partial charge in [-0.25, -0.2) is 4.79 Å². The molecular weight excluding hydrogens is 290 g/mol. The first-order valence-corrected chi connectivity index (χ1v) is 7.32. The van der Waals surface area contributed by atoms with Crippen molar-refractivity contribution in [3.05, 3.63) is 22.2 Å². The molecule has 1 aromatic heterocycles. The van der Waals surface area contributed by atoms with E-state index in [1.54, 1.807) is 20.2 Å². The number of methoxy groups -OCH3 is 1. The lowest BCUT2D eigenvalue weighted by Crippen LogP contribution is -2.53. The highest BCUT2D eigenvalue weighted by molar-refractivity contribution is 5.35. The average Bonchev–Trinajstić information content (AvgIpc) is 3.15. The highest BCUT2D eigenvalue weighted by Gasteiger charge is 2.78. The van der Waals surface area contributed by atoms with Crippen LogP contribution in [0.4, 0.5) is 5.82 Å². The van der Waals surface area contributed by atoms with Crippen LogP contribution >= 0.6 is 0 Å². The molecule has 4 atom stereocenters. The predicted octanol–water partition coefficient (Wildman–Crippen LogP) is -0.660. The number of fused-ring (bicyclic) bond motifs is 3. The standard InChI is InChI=1S/C14H19N3O5/c1-7-5-17(12(19)16-10(7)15)11-8-9(18)14(22-11,6-20-2)13(21-8)3-4-13/h5,8-9,11,18H,3-4,6H2,1-2H3,(H2,15,16,19)/t8?,9-,11?,14?/m1/s1. The van der Waals surface area contributed by atoms with Gasteiger partial charge < -0.3 is 25.1 Å². The van der Waals surface area contributed by atoms with E-state index in [1.165, 1.54) is 4.57 Å². The van der Waals surface area contributed by atoms with E-state index in [0.29, 0.717) is 5.56 Å². The molecule has 8 nitrogen and oxygen atoms in total. The third-order valence-electron chi connectivity index (χ3n) is 5.04. The number of hydrogen-bond donors (Lipinski definition) is 2. The normalized spacial score (nSPS) is 37.9. The number of nitrogen functional groups attached to an aromatic ring is 1. The summed E-state index contributed by atoms with van der Waals surface area (Å²) in [6.45, 7) is 1.98. The van der Waals surface area contributed by atoms with E-state index in [-0.39, 0.29) is 12.4 Å². The summed E-state index contributed by atoms with van der Waals surface area (Å²) >= 11 is 0. The van der Waals surface area contributed by atoms with Gasteiger partial charge in [-0.2, -0.15) is 4.98 Å². The summed E-state index contributed by atoms with van der Waals surface area (Å²) in [4.78, 5) is 15.9. The van der Waals surface area contributed by atoms with Crippen LogP contribution in [0, 0.1) is 6.92 Å². The zero-order valence-corrected chi connectivity index (χ0v) is 12.5. The Morgan fingerprint density at radius 3 is 2.91 bits per heavy atom. The van der Waals surface area contributed by atoms with E-state index < -0.39 is 35.3 Å². The fourth-order valence-corrected chi connectivity index (χ4v) is 3.73. The number of hydrogen-bond acceptors (Lipinski definition) is 7. The lowest BCUT2D eigenvalue weighted by Gasteiger charge is -2.37. The van der Waals surface area contributed by atoms with Gasteiger partial charge in [-0.05, 0) is 19.8 Å². The molecule has 3 fully saturated rings. The summed E-state index contributed by atoms with van der Waals surface area (Å²) in [6, 6.07) is 0. The maximum atomic E-state index is 12.1. The smallest absolute Gasteiger partial charge is 0.351 e. The summed E-state index contributed by atoms with van der Waals surface area (Å²) in [5, 5.41) is 10.6. The molecule has 0 aromatic carbocycles. The van der Waals surface area contributed by atoms with Gasteiger partial charge in [0.15, 0.2) is 11.8 Å². The fourth-order valence-electron chi connectivity index (χ4n) is 3.73. The van der Waals surface area contributed by atoms with Gasteiger partial charge in [-0.3, -0.25) is 4.57 Å². The van der Waals surface area contributed by atoms with E-state index >= 15 is 0 Å². The number of anilines is 1. The van der Waals surface area contributed by atoms with Crippen LogP contribution in [0.1, 0.15) is 24.6 Å². The second-order valence-corrected chi connectivity index (χ2v) is 6.35. The molecule has 120 valence electrons. The van der Waals surface area contributed by atoms with Gasteiger partial charge in [0.1, 0.15) is 23.6 Å². The predicted molar refractivity (Wildman–Crippen MR) is 75.2 cm³/mol. The molecule has 1 aromatic rings. The quantitative estimate of drug-likeness (QED) is 0.763. The van der Waals surface area contributed by atoms with Crippen molar-refractivity contribution in [1.29, 1.82) is 0 Å². The lowest BCUT2D eigenvalue weighted by atomic mass is 9.91. The molecule has 3 heterocycles. The molecule has 1 spiro atoms. The molecule has 1 saturated carbocycles. The van der Waals surface area contributed by atoms with E-state index in [0.717, 1.165) is 12.8 Å². The van der Waals surface area contributed by atoms with Gasteiger partial charge in [0.2, 0.25) is 0 Å². The van der Waals surface area contributed by atoms with E-state index in [1.807, 2.05) is 0 Å². The molecule has 0 radical (unpaired) electrons. The van der Waals surface area contributed by atoms with E-state index in [2.05, 4.69) is 4.98 Å². The molecule has 3 aliphatic rings. The molecule has 22 heavy (non-hydrogen) atoms. The fraction of sp³-hybridized carbons (Fsp3) is 0.714. The Morgan fingerprint density at radius 2 is 2.27 bits per heavy atom. The summed E-state index contributed by atoms with van der Waals surface area (Å²) in [5.41, 5.74) is 4.39. The molecule has 1 aliphatic carbocycles. The van der Waals surface area contributed by atoms with Crippen LogP contribution in [0.3, 0.4) is 0 Å². The number of ether oxygens (including phenoxy) is 3. The monoisotopic (exact) mass is 309 g/mol. The number of aryl methyl sites for hydroxylation is 1. The van der Waals surface area contributed by atoms with Crippen molar-refractivity contribution >= 4 is 5.82 Å². The number of aliphatic hydroxyl groups excluding tert-OH is 1. The van der Waals surface area contributed by atoms with Gasteiger partial charge in [0.25, 0.3) is 0 Å². The largest absolute Gasteiger partial charge is 0.387 e. The highest BCUT2D eigenvalue weighted by Crippen LogP contribution is 2.64. The molecule has 3 unspecified atom stereocenters. The van der Waals surface area contributed by atoms with E-state index in [4.69, 9.17) is 19.9 Å². The Hall–Kier alpha value is -1.48.